The molecular weight excluding hydrogens is 180 g/mol. The van der Waals surface area contributed by atoms with Gasteiger partial charge in [-0.2, -0.15) is 0 Å². The molecule has 1 N–H and O–H groups in total. The van der Waals surface area contributed by atoms with Crippen LogP contribution in [0.2, 0.25) is 0 Å². The summed E-state index contributed by atoms with van der Waals surface area (Å²) in [6.45, 7) is 1.22. The van der Waals surface area contributed by atoms with E-state index in [4.69, 9.17) is 0 Å². The van der Waals surface area contributed by atoms with Gasteiger partial charge in [0.05, 0.1) is 11.2 Å². The summed E-state index contributed by atoms with van der Waals surface area (Å²) in [5.74, 6) is 0.864. The summed E-state index contributed by atoms with van der Waals surface area (Å²) in [4.78, 5) is 5.96. The van der Waals surface area contributed by atoms with Gasteiger partial charge in [0.2, 0.25) is 0 Å². The molecule has 1 aromatic heterocycles. The fourth-order valence-corrected chi connectivity index (χ4v) is 3.43. The highest BCUT2D eigenvalue weighted by Crippen LogP contribution is 2.31. The van der Waals surface area contributed by atoms with Gasteiger partial charge in [0.15, 0.2) is 0 Å². The van der Waals surface area contributed by atoms with E-state index in [1.54, 1.807) is 0 Å². The van der Waals surface area contributed by atoms with Gasteiger partial charge in [0.25, 0.3) is 0 Å². The third kappa shape index (κ3) is 1.30. The Bertz CT molecular complexity index is 279. The smallest absolute Gasteiger partial charge is 0.0797 e. The normalized spacial score (nSPS) is 32.3. The Labute approximate surface area is 82.4 Å². The molecule has 2 nitrogen and oxygen atoms in total. The van der Waals surface area contributed by atoms with Crippen molar-refractivity contribution in [3.63, 3.8) is 0 Å². The van der Waals surface area contributed by atoms with Crippen molar-refractivity contribution < 1.29 is 0 Å². The summed E-state index contributed by atoms with van der Waals surface area (Å²) in [7, 11) is 0. The first-order valence-electron chi connectivity index (χ1n) is 5.08. The Morgan fingerprint density at radius 1 is 1.46 bits per heavy atom. The van der Waals surface area contributed by atoms with Crippen LogP contribution in [0.4, 0.5) is 0 Å². The molecule has 3 rings (SSSR count). The van der Waals surface area contributed by atoms with E-state index in [1.165, 1.54) is 42.8 Å². The third-order valence-corrected chi connectivity index (χ3v) is 4.21. The first-order chi connectivity index (χ1) is 6.43. The van der Waals surface area contributed by atoms with Gasteiger partial charge in [0.1, 0.15) is 0 Å². The largest absolute Gasteiger partial charge is 0.313 e. The van der Waals surface area contributed by atoms with Crippen LogP contribution in [0.5, 0.6) is 0 Å². The van der Waals surface area contributed by atoms with E-state index in [-0.39, 0.29) is 0 Å². The molecule has 0 amide bonds. The molecule has 70 valence electrons. The van der Waals surface area contributed by atoms with E-state index >= 15 is 0 Å². The first-order valence-corrected chi connectivity index (χ1v) is 5.96. The van der Waals surface area contributed by atoms with Crippen molar-refractivity contribution in [2.45, 2.75) is 31.7 Å². The maximum Gasteiger partial charge on any atom is 0.0797 e. The molecule has 0 radical (unpaired) electrons. The molecule has 0 unspecified atom stereocenters. The van der Waals surface area contributed by atoms with Crippen molar-refractivity contribution >= 4 is 11.3 Å². The maximum atomic E-state index is 4.44. The van der Waals surface area contributed by atoms with Crippen molar-refractivity contribution in [3.8, 4) is 0 Å². The standard InChI is InChI=1S/C10H14N2S/c1-2-7-4-9-10(13-6-12-9)5-8(7)11-3-1/h6-8,11H,1-5H2/t7-,8-/m1/s1. The van der Waals surface area contributed by atoms with Crippen LogP contribution in [0, 0.1) is 5.92 Å². The predicted molar refractivity (Wildman–Crippen MR) is 54.0 cm³/mol. The van der Waals surface area contributed by atoms with E-state index in [0.717, 1.165) is 12.0 Å². The Kier molecular flexibility index (Phi) is 1.87. The lowest BCUT2D eigenvalue weighted by Gasteiger charge is -2.35. The zero-order chi connectivity index (χ0) is 8.67. The number of rotatable bonds is 0. The monoisotopic (exact) mass is 194 g/mol. The highest BCUT2D eigenvalue weighted by molar-refractivity contribution is 7.09. The van der Waals surface area contributed by atoms with Gasteiger partial charge in [-0.25, -0.2) is 4.98 Å². The molecule has 2 aliphatic rings. The quantitative estimate of drug-likeness (QED) is 0.678. The van der Waals surface area contributed by atoms with Gasteiger partial charge >= 0.3 is 0 Å². The van der Waals surface area contributed by atoms with E-state index < -0.39 is 0 Å². The van der Waals surface area contributed by atoms with Gasteiger partial charge in [-0.05, 0) is 38.1 Å². The Balaban J connectivity index is 1.89. The fraction of sp³-hybridized carbons (Fsp3) is 0.700. The summed E-state index contributed by atoms with van der Waals surface area (Å²) < 4.78 is 0. The molecule has 2 atom stereocenters. The number of hydrogen-bond donors (Lipinski definition) is 1. The van der Waals surface area contributed by atoms with Gasteiger partial charge < -0.3 is 5.32 Å². The minimum Gasteiger partial charge on any atom is -0.313 e. The highest BCUT2D eigenvalue weighted by Gasteiger charge is 2.31. The summed E-state index contributed by atoms with van der Waals surface area (Å²) in [6, 6.07) is 0.752. The third-order valence-electron chi connectivity index (χ3n) is 3.31. The van der Waals surface area contributed by atoms with Crippen LogP contribution in [0.15, 0.2) is 5.51 Å². The van der Waals surface area contributed by atoms with E-state index in [1.807, 2.05) is 16.8 Å². The molecule has 1 aromatic rings. The van der Waals surface area contributed by atoms with Crippen molar-refractivity contribution in [2.75, 3.05) is 6.54 Å². The van der Waals surface area contributed by atoms with Gasteiger partial charge in [-0.15, -0.1) is 11.3 Å². The summed E-state index contributed by atoms with van der Waals surface area (Å²) in [5, 5.41) is 3.63. The zero-order valence-electron chi connectivity index (χ0n) is 7.62. The number of hydrogen-bond acceptors (Lipinski definition) is 3. The van der Waals surface area contributed by atoms with Crippen LogP contribution < -0.4 is 5.32 Å². The average Bonchev–Trinajstić information content (AvgIpc) is 2.61. The zero-order valence-corrected chi connectivity index (χ0v) is 8.44. The Morgan fingerprint density at radius 2 is 2.46 bits per heavy atom. The molecule has 2 heterocycles. The average molecular weight is 194 g/mol. The van der Waals surface area contributed by atoms with Crippen molar-refractivity contribution in [3.05, 3.63) is 16.1 Å². The van der Waals surface area contributed by atoms with Crippen LogP contribution in [0.1, 0.15) is 23.4 Å². The Morgan fingerprint density at radius 3 is 3.46 bits per heavy atom. The predicted octanol–water partition coefficient (Wildman–Crippen LogP) is 1.61. The lowest BCUT2D eigenvalue weighted by molar-refractivity contribution is 0.263. The van der Waals surface area contributed by atoms with Gasteiger partial charge in [-0.3, -0.25) is 0 Å². The lowest BCUT2D eigenvalue weighted by Crippen LogP contribution is -2.45. The number of thiazole rings is 1. The van der Waals surface area contributed by atoms with Crippen molar-refractivity contribution in [1.29, 1.82) is 0 Å². The molecule has 0 bridgehead atoms. The molecule has 3 heteroatoms. The van der Waals surface area contributed by atoms with Crippen LogP contribution in [0.25, 0.3) is 0 Å². The van der Waals surface area contributed by atoms with E-state index in [2.05, 4.69) is 10.3 Å². The number of aromatic nitrogens is 1. The number of nitrogens with one attached hydrogen (secondary N) is 1. The molecule has 0 spiro atoms. The second-order valence-electron chi connectivity index (χ2n) is 4.09. The second-order valence-corrected chi connectivity index (χ2v) is 5.03. The summed E-state index contributed by atoms with van der Waals surface area (Å²) in [5.41, 5.74) is 3.39. The minimum absolute atomic E-state index is 0.752. The van der Waals surface area contributed by atoms with Crippen LogP contribution >= 0.6 is 11.3 Å². The summed E-state index contributed by atoms with van der Waals surface area (Å²) in [6.07, 6.45) is 5.19. The molecule has 1 aliphatic carbocycles. The number of nitrogens with zero attached hydrogens (tertiary/aromatic N) is 1. The molecule has 1 saturated heterocycles. The molecule has 0 saturated carbocycles. The van der Waals surface area contributed by atoms with Crippen LogP contribution in [-0.2, 0) is 12.8 Å². The number of fused-ring (bicyclic) bond motifs is 2. The van der Waals surface area contributed by atoms with Crippen molar-refractivity contribution in [2.24, 2.45) is 5.92 Å². The Hall–Kier alpha value is -0.410. The highest BCUT2D eigenvalue weighted by atomic mass is 32.1. The molecule has 1 aliphatic heterocycles. The number of piperidine rings is 1. The summed E-state index contributed by atoms with van der Waals surface area (Å²) >= 11 is 1.83. The second kappa shape index (κ2) is 3.07. The molecule has 0 aromatic carbocycles. The topological polar surface area (TPSA) is 24.9 Å². The SMILES string of the molecule is c1nc2c(s1)C[C@H]1NCCC[C@@H]1C2. The molecular formula is C10H14N2S. The van der Waals surface area contributed by atoms with E-state index in [0.29, 0.717) is 0 Å². The first kappa shape index (κ1) is 7.94. The van der Waals surface area contributed by atoms with Gasteiger partial charge in [0, 0.05) is 10.9 Å². The fourth-order valence-electron chi connectivity index (χ4n) is 2.58. The van der Waals surface area contributed by atoms with Gasteiger partial charge in [-0.1, -0.05) is 0 Å². The van der Waals surface area contributed by atoms with Crippen molar-refractivity contribution in [1.82, 2.24) is 10.3 Å². The molecule has 1 fully saturated rings. The van der Waals surface area contributed by atoms with E-state index in [9.17, 15) is 0 Å². The van der Waals surface area contributed by atoms with Crippen LogP contribution in [0.3, 0.4) is 0 Å². The van der Waals surface area contributed by atoms with Crippen LogP contribution in [-0.4, -0.2) is 17.6 Å². The lowest BCUT2D eigenvalue weighted by atomic mass is 9.81. The minimum atomic E-state index is 0.752. The molecule has 13 heavy (non-hydrogen) atoms. The maximum absolute atomic E-state index is 4.44.